The van der Waals surface area contributed by atoms with Crippen LogP contribution >= 0.6 is 11.3 Å². The molecule has 5 rings (SSSR count). The summed E-state index contributed by atoms with van der Waals surface area (Å²) < 4.78 is 31.8. The molecule has 0 aliphatic rings. The molecule has 0 aliphatic carbocycles. The van der Waals surface area contributed by atoms with E-state index >= 15 is 0 Å². The van der Waals surface area contributed by atoms with E-state index in [1.165, 1.54) is 34.5 Å². The number of anilines is 1. The number of aryl methyl sites for hydroxylation is 1. The molecule has 0 saturated heterocycles. The van der Waals surface area contributed by atoms with Crippen LogP contribution < -0.4 is 16.1 Å². The number of nitrogens with zero attached hydrogens (tertiary/aromatic N) is 7. The minimum atomic E-state index is -0.835. The van der Waals surface area contributed by atoms with Gasteiger partial charge in [0, 0.05) is 26.4 Å². The van der Waals surface area contributed by atoms with E-state index in [-0.39, 0.29) is 39.6 Å². The van der Waals surface area contributed by atoms with Crippen molar-refractivity contribution in [2.45, 2.75) is 13.1 Å². The van der Waals surface area contributed by atoms with Gasteiger partial charge in [-0.3, -0.25) is 28.6 Å². The maximum Gasteiger partial charge on any atom is 0.332 e. The van der Waals surface area contributed by atoms with Crippen LogP contribution in [0.3, 0.4) is 0 Å². The van der Waals surface area contributed by atoms with Crippen LogP contribution in [0.1, 0.15) is 5.69 Å². The van der Waals surface area contributed by atoms with Crippen molar-refractivity contribution in [3.8, 4) is 0 Å². The van der Waals surface area contributed by atoms with Crippen molar-refractivity contribution in [2.75, 3.05) is 4.90 Å². The van der Waals surface area contributed by atoms with E-state index in [1.54, 1.807) is 24.4 Å². The van der Waals surface area contributed by atoms with Crippen molar-refractivity contribution < 1.29 is 13.6 Å². The highest BCUT2D eigenvalue weighted by molar-refractivity contribution is 7.22. The van der Waals surface area contributed by atoms with Gasteiger partial charge in [-0.2, -0.15) is 0 Å². The molecule has 178 valence electrons. The Morgan fingerprint density at radius 1 is 1.11 bits per heavy atom. The normalized spacial score (nSPS) is 11.4. The van der Waals surface area contributed by atoms with Crippen molar-refractivity contribution in [2.24, 2.45) is 14.1 Å². The monoisotopic (exact) mass is 497 g/mol. The number of benzene rings is 1. The zero-order valence-corrected chi connectivity index (χ0v) is 19.3. The maximum absolute atomic E-state index is 14.3. The lowest BCUT2D eigenvalue weighted by Crippen LogP contribution is -2.38. The van der Waals surface area contributed by atoms with E-state index in [9.17, 15) is 23.2 Å². The van der Waals surface area contributed by atoms with E-state index in [0.29, 0.717) is 5.69 Å². The zero-order valence-electron chi connectivity index (χ0n) is 18.5. The third-order valence-electron chi connectivity index (χ3n) is 5.50. The number of imidazole rings is 1. The van der Waals surface area contributed by atoms with Crippen LogP contribution in [0.4, 0.5) is 13.9 Å². The topological polar surface area (TPSA) is 108 Å². The third kappa shape index (κ3) is 3.89. The van der Waals surface area contributed by atoms with Gasteiger partial charge in [0.05, 0.1) is 23.3 Å². The van der Waals surface area contributed by atoms with Crippen LogP contribution in [0.5, 0.6) is 0 Å². The van der Waals surface area contributed by atoms with Crippen LogP contribution in [-0.2, 0) is 32.0 Å². The standard InChI is InChI=1S/C22H17F2N7O3S/c1-28-19-18(20(33)29(2)22(28)34)30(11-26-19)10-16(32)31(9-13-5-3-4-6-25-13)21-27-17-14(24)7-12(23)8-15(17)35-21/h3-8,11H,9-10H2,1-2H3. The minimum absolute atomic E-state index is 0.00667. The first-order chi connectivity index (χ1) is 16.7. The number of fused-ring (bicyclic) bond motifs is 2. The molecule has 0 unspecified atom stereocenters. The van der Waals surface area contributed by atoms with Gasteiger partial charge in [0.1, 0.15) is 17.9 Å². The van der Waals surface area contributed by atoms with Gasteiger partial charge in [-0.05, 0) is 18.2 Å². The Bertz CT molecular complexity index is 1720. The number of rotatable bonds is 5. The zero-order chi connectivity index (χ0) is 24.9. The molecule has 1 amide bonds. The lowest BCUT2D eigenvalue weighted by Gasteiger charge is -2.20. The molecule has 0 radical (unpaired) electrons. The summed E-state index contributed by atoms with van der Waals surface area (Å²) in [4.78, 5) is 52.4. The van der Waals surface area contributed by atoms with Crippen molar-refractivity contribution in [1.29, 1.82) is 0 Å². The fraction of sp³-hybridized carbons (Fsp3) is 0.182. The number of hydrogen-bond donors (Lipinski definition) is 0. The van der Waals surface area contributed by atoms with Gasteiger partial charge in [-0.15, -0.1) is 0 Å². The van der Waals surface area contributed by atoms with Gasteiger partial charge in [0.2, 0.25) is 5.91 Å². The third-order valence-corrected chi connectivity index (χ3v) is 6.53. The molecular weight excluding hydrogens is 480 g/mol. The van der Waals surface area contributed by atoms with Crippen LogP contribution in [0.15, 0.2) is 52.4 Å². The second-order valence-corrected chi connectivity index (χ2v) is 8.79. The number of carbonyl (C=O) groups is 1. The summed E-state index contributed by atoms with van der Waals surface area (Å²) in [5.41, 5.74) is -0.428. The lowest BCUT2D eigenvalue weighted by atomic mass is 10.3. The molecule has 10 nitrogen and oxygen atoms in total. The molecular formula is C22H17F2N7O3S. The molecule has 0 spiro atoms. The molecule has 0 fully saturated rings. The first-order valence-electron chi connectivity index (χ1n) is 10.3. The lowest BCUT2D eigenvalue weighted by molar-refractivity contribution is -0.119. The average molecular weight is 497 g/mol. The summed E-state index contributed by atoms with van der Waals surface area (Å²) in [5, 5.41) is 0.143. The molecule has 1 aromatic carbocycles. The van der Waals surface area contributed by atoms with Crippen LogP contribution in [0.2, 0.25) is 0 Å². The molecule has 4 heterocycles. The first kappa shape index (κ1) is 22.5. The molecule has 13 heteroatoms. The summed E-state index contributed by atoms with van der Waals surface area (Å²) in [6.45, 7) is -0.309. The van der Waals surface area contributed by atoms with Crippen molar-refractivity contribution in [3.63, 3.8) is 0 Å². The van der Waals surface area contributed by atoms with Gasteiger partial charge >= 0.3 is 5.69 Å². The number of hydrogen-bond acceptors (Lipinski definition) is 7. The number of thiazole rings is 1. The fourth-order valence-corrected chi connectivity index (χ4v) is 4.75. The smallest absolute Gasteiger partial charge is 0.315 e. The second kappa shape index (κ2) is 8.51. The van der Waals surface area contributed by atoms with Gasteiger partial charge in [-0.25, -0.2) is 23.5 Å². The second-order valence-electron chi connectivity index (χ2n) is 7.78. The summed E-state index contributed by atoms with van der Waals surface area (Å²) in [7, 11) is 2.82. The largest absolute Gasteiger partial charge is 0.332 e. The fourth-order valence-electron chi connectivity index (χ4n) is 3.73. The Morgan fingerprint density at radius 2 is 1.91 bits per heavy atom. The molecule has 0 atom stereocenters. The Labute approximate surface area is 199 Å². The van der Waals surface area contributed by atoms with E-state index < -0.39 is 28.8 Å². The van der Waals surface area contributed by atoms with Crippen molar-refractivity contribution >= 4 is 43.8 Å². The minimum Gasteiger partial charge on any atom is -0.315 e. The maximum atomic E-state index is 14.3. The van der Waals surface area contributed by atoms with Gasteiger partial charge in [0.15, 0.2) is 22.1 Å². The highest BCUT2D eigenvalue weighted by Gasteiger charge is 2.24. The molecule has 0 saturated carbocycles. The van der Waals surface area contributed by atoms with Gasteiger partial charge in [-0.1, -0.05) is 17.4 Å². The molecule has 5 aromatic rings. The van der Waals surface area contributed by atoms with Gasteiger partial charge in [0.25, 0.3) is 5.56 Å². The van der Waals surface area contributed by atoms with E-state index in [4.69, 9.17) is 0 Å². The summed E-state index contributed by atoms with van der Waals surface area (Å²) in [6, 6.07) is 7.08. The van der Waals surface area contributed by atoms with Crippen LogP contribution in [-0.4, -0.2) is 34.6 Å². The average Bonchev–Trinajstić information content (AvgIpc) is 3.45. The summed E-state index contributed by atoms with van der Waals surface area (Å²) in [6.07, 6.45) is 2.87. The molecule has 35 heavy (non-hydrogen) atoms. The predicted octanol–water partition coefficient (Wildman–Crippen LogP) is 1.95. The Morgan fingerprint density at radius 3 is 2.66 bits per heavy atom. The highest BCUT2D eigenvalue weighted by Crippen LogP contribution is 2.32. The number of halogens is 2. The number of amides is 1. The predicted molar refractivity (Wildman–Crippen MR) is 125 cm³/mol. The van der Waals surface area contributed by atoms with Crippen LogP contribution in [0, 0.1) is 11.6 Å². The Kier molecular flexibility index (Phi) is 5.47. The first-order valence-corrected chi connectivity index (χ1v) is 11.1. The number of aromatic nitrogens is 6. The SMILES string of the molecule is Cn1c(=O)c2c(ncn2CC(=O)N(Cc2ccccn2)c2nc3c(F)cc(F)cc3s2)n(C)c1=O. The molecule has 0 aliphatic heterocycles. The number of pyridine rings is 1. The molecule has 0 bridgehead atoms. The van der Waals surface area contributed by atoms with E-state index in [2.05, 4.69) is 15.0 Å². The summed E-state index contributed by atoms with van der Waals surface area (Å²) >= 11 is 0.958. The van der Waals surface area contributed by atoms with E-state index in [1.807, 2.05) is 0 Å². The molecule has 4 aromatic heterocycles. The Hall–Kier alpha value is -4.26. The van der Waals surface area contributed by atoms with Crippen molar-refractivity contribution in [1.82, 2.24) is 28.7 Å². The van der Waals surface area contributed by atoms with Gasteiger partial charge < -0.3 is 4.57 Å². The Balaban J connectivity index is 1.59. The highest BCUT2D eigenvalue weighted by atomic mass is 32.1. The summed E-state index contributed by atoms with van der Waals surface area (Å²) in [5.74, 6) is -2.08. The van der Waals surface area contributed by atoms with E-state index in [0.717, 1.165) is 28.0 Å². The number of carbonyl (C=O) groups excluding carboxylic acids is 1. The van der Waals surface area contributed by atoms with Crippen molar-refractivity contribution in [3.05, 3.63) is 81.0 Å². The molecule has 0 N–H and O–H groups in total. The quantitative estimate of drug-likeness (QED) is 0.367. The van der Waals surface area contributed by atoms with Crippen LogP contribution in [0.25, 0.3) is 21.4 Å².